The summed E-state index contributed by atoms with van der Waals surface area (Å²) in [6.45, 7) is 8.17. The molecule has 0 aliphatic rings. The van der Waals surface area contributed by atoms with Gasteiger partial charge < -0.3 is 29.6 Å². The Morgan fingerprint density at radius 2 is 1.46 bits per heavy atom. The van der Waals surface area contributed by atoms with Crippen molar-refractivity contribution >= 4 is 17.9 Å². The second kappa shape index (κ2) is 17.4. The number of carbonyl (C=O) groups excluding carboxylic acids is 1. The lowest BCUT2D eigenvalue weighted by molar-refractivity contribution is -0.00749. The number of nitrogens with one attached hydrogen (secondary N) is 2. The number of thiol groups is 1. The molecule has 0 aromatic carbocycles. The second-order valence-corrected chi connectivity index (χ2v) is 5.71. The summed E-state index contributed by atoms with van der Waals surface area (Å²) in [7, 11) is 0. The highest BCUT2D eigenvalue weighted by atomic mass is 32.1. The molecule has 2 N–H and O–H groups in total. The van der Waals surface area contributed by atoms with Crippen LogP contribution in [0.15, 0.2) is 0 Å². The summed E-state index contributed by atoms with van der Waals surface area (Å²) in [5, 5.41) is 4.96. The van der Waals surface area contributed by atoms with Crippen molar-refractivity contribution in [3.63, 3.8) is 0 Å². The zero-order chi connectivity index (χ0) is 18.0. The van der Waals surface area contributed by atoms with Gasteiger partial charge in [0.15, 0.2) is 0 Å². The number of alkyl halides is 1. The van der Waals surface area contributed by atoms with Gasteiger partial charge in [-0.1, -0.05) is 26.5 Å². The van der Waals surface area contributed by atoms with Crippen molar-refractivity contribution in [2.24, 2.45) is 0 Å². The first-order valence-electron chi connectivity index (χ1n) is 8.17. The molecule has 0 spiro atoms. The first-order valence-corrected chi connectivity index (χ1v) is 8.62. The monoisotopic (exact) mass is 370 g/mol. The molecule has 1 unspecified atom stereocenters. The van der Waals surface area contributed by atoms with Crippen molar-refractivity contribution in [1.29, 1.82) is 0 Å². The Bertz CT molecular complexity index is 301. The SMILES string of the molecule is CC(C)NCCOCCOCCOCCOCC(F)CNC(=O)S. The van der Waals surface area contributed by atoms with E-state index >= 15 is 0 Å². The van der Waals surface area contributed by atoms with E-state index in [1.54, 1.807) is 0 Å². The molecule has 0 saturated carbocycles. The number of ether oxygens (including phenoxy) is 4. The molecule has 0 fully saturated rings. The molecule has 144 valence electrons. The fraction of sp³-hybridized carbons (Fsp3) is 0.933. The average Bonchev–Trinajstić information content (AvgIpc) is 2.52. The van der Waals surface area contributed by atoms with Crippen LogP contribution in [0, 0.1) is 0 Å². The first kappa shape index (κ1) is 23.5. The Balaban J connectivity index is 3.11. The standard InChI is InChI=1S/C15H31FN2O5S/c1-13(2)17-3-4-20-5-6-21-7-8-22-9-10-23-12-14(16)11-18-15(19)24/h13-14,17H,3-12H2,1-2H3,(H2,18,19,24). The molecule has 0 heterocycles. The molecule has 24 heavy (non-hydrogen) atoms. The van der Waals surface area contributed by atoms with Gasteiger partial charge in [-0.3, -0.25) is 4.79 Å². The van der Waals surface area contributed by atoms with Gasteiger partial charge in [0.2, 0.25) is 0 Å². The van der Waals surface area contributed by atoms with Crippen LogP contribution in [0.25, 0.3) is 0 Å². The Morgan fingerprint density at radius 3 is 1.96 bits per heavy atom. The highest BCUT2D eigenvalue weighted by Crippen LogP contribution is 1.92. The highest BCUT2D eigenvalue weighted by Gasteiger charge is 2.07. The van der Waals surface area contributed by atoms with E-state index in [1.165, 1.54) is 0 Å². The van der Waals surface area contributed by atoms with Crippen LogP contribution in [0.3, 0.4) is 0 Å². The van der Waals surface area contributed by atoms with Crippen LogP contribution in [0.1, 0.15) is 13.8 Å². The van der Waals surface area contributed by atoms with Crippen molar-refractivity contribution in [3.8, 4) is 0 Å². The maximum atomic E-state index is 13.2. The van der Waals surface area contributed by atoms with Crippen molar-refractivity contribution < 1.29 is 28.1 Å². The summed E-state index contributed by atoms with van der Waals surface area (Å²) in [5.74, 6) is 0. The molecule has 0 aromatic rings. The summed E-state index contributed by atoms with van der Waals surface area (Å²) in [6, 6.07) is 0.468. The van der Waals surface area contributed by atoms with E-state index in [0.29, 0.717) is 52.3 Å². The Hall–Kier alpha value is -0.450. The van der Waals surface area contributed by atoms with Gasteiger partial charge in [-0.25, -0.2) is 4.39 Å². The van der Waals surface area contributed by atoms with Crippen LogP contribution < -0.4 is 10.6 Å². The fourth-order valence-electron chi connectivity index (χ4n) is 1.55. The zero-order valence-corrected chi connectivity index (χ0v) is 15.5. The number of rotatable bonds is 17. The minimum Gasteiger partial charge on any atom is -0.378 e. The second-order valence-electron chi connectivity index (χ2n) is 5.30. The summed E-state index contributed by atoms with van der Waals surface area (Å²) in [4.78, 5) is 10.5. The lowest BCUT2D eigenvalue weighted by Gasteiger charge is -2.10. The topological polar surface area (TPSA) is 78.1 Å². The van der Waals surface area contributed by atoms with Crippen LogP contribution in [-0.4, -0.2) is 83.4 Å². The van der Waals surface area contributed by atoms with Crippen molar-refractivity contribution in [2.75, 3.05) is 65.9 Å². The molecule has 0 aliphatic carbocycles. The van der Waals surface area contributed by atoms with E-state index in [0.717, 1.165) is 6.54 Å². The van der Waals surface area contributed by atoms with Crippen molar-refractivity contribution in [3.05, 3.63) is 0 Å². The van der Waals surface area contributed by atoms with Gasteiger partial charge in [0, 0.05) is 12.6 Å². The first-order chi connectivity index (χ1) is 11.5. The molecular formula is C15H31FN2O5S. The largest absolute Gasteiger partial charge is 0.378 e. The Kier molecular flexibility index (Phi) is 17.0. The molecule has 0 aromatic heterocycles. The number of hydrogen-bond acceptors (Lipinski definition) is 6. The van der Waals surface area contributed by atoms with Gasteiger partial charge in [-0.05, 0) is 0 Å². The smallest absolute Gasteiger partial charge is 0.276 e. The summed E-state index contributed by atoms with van der Waals surface area (Å²) >= 11 is 3.47. The van der Waals surface area contributed by atoms with Gasteiger partial charge in [-0.2, -0.15) is 0 Å². The van der Waals surface area contributed by atoms with Crippen LogP contribution in [-0.2, 0) is 18.9 Å². The third-order valence-electron chi connectivity index (χ3n) is 2.69. The average molecular weight is 370 g/mol. The van der Waals surface area contributed by atoms with Gasteiger partial charge in [-0.15, -0.1) is 0 Å². The van der Waals surface area contributed by atoms with E-state index in [2.05, 4.69) is 37.1 Å². The molecule has 0 saturated heterocycles. The summed E-state index contributed by atoms with van der Waals surface area (Å²) in [6.07, 6.45) is -1.25. The molecule has 7 nitrogen and oxygen atoms in total. The predicted molar refractivity (Wildman–Crippen MR) is 93.7 cm³/mol. The number of hydrogen-bond donors (Lipinski definition) is 3. The van der Waals surface area contributed by atoms with Gasteiger partial charge in [0.05, 0.1) is 59.4 Å². The Morgan fingerprint density at radius 1 is 0.958 bits per heavy atom. The highest BCUT2D eigenvalue weighted by molar-refractivity contribution is 7.96. The minimum atomic E-state index is -1.25. The van der Waals surface area contributed by atoms with Crippen LogP contribution >= 0.6 is 12.6 Å². The summed E-state index contributed by atoms with van der Waals surface area (Å²) < 4.78 is 34.3. The lowest BCUT2D eigenvalue weighted by Crippen LogP contribution is -2.29. The number of amides is 1. The van der Waals surface area contributed by atoms with Crippen LogP contribution in [0.5, 0.6) is 0 Å². The van der Waals surface area contributed by atoms with Gasteiger partial charge >= 0.3 is 0 Å². The van der Waals surface area contributed by atoms with Gasteiger partial charge in [0.1, 0.15) is 6.17 Å². The molecule has 0 bridgehead atoms. The third-order valence-corrected chi connectivity index (χ3v) is 2.85. The Labute approximate surface area is 149 Å². The van der Waals surface area contributed by atoms with E-state index in [9.17, 15) is 9.18 Å². The normalized spacial score (nSPS) is 12.5. The van der Waals surface area contributed by atoms with Crippen LogP contribution in [0.2, 0.25) is 0 Å². The maximum Gasteiger partial charge on any atom is 0.276 e. The van der Waals surface area contributed by atoms with E-state index in [-0.39, 0.29) is 13.2 Å². The minimum absolute atomic E-state index is 0.0864. The molecule has 9 heteroatoms. The van der Waals surface area contributed by atoms with E-state index in [1.807, 2.05) is 0 Å². The van der Waals surface area contributed by atoms with E-state index < -0.39 is 11.4 Å². The molecular weight excluding hydrogens is 339 g/mol. The number of carbonyl (C=O) groups is 1. The van der Waals surface area contributed by atoms with Crippen LogP contribution in [0.4, 0.5) is 9.18 Å². The summed E-state index contributed by atoms with van der Waals surface area (Å²) in [5.41, 5.74) is 0. The fourth-order valence-corrected chi connectivity index (χ4v) is 1.64. The molecule has 1 atom stereocenters. The van der Waals surface area contributed by atoms with Crippen molar-refractivity contribution in [1.82, 2.24) is 10.6 Å². The molecule has 0 radical (unpaired) electrons. The lowest BCUT2D eigenvalue weighted by atomic mass is 10.4. The predicted octanol–water partition coefficient (Wildman–Crippen LogP) is 1.03. The quantitative estimate of drug-likeness (QED) is 0.262. The molecule has 0 aliphatic heterocycles. The van der Waals surface area contributed by atoms with Gasteiger partial charge in [0.25, 0.3) is 5.24 Å². The number of halogens is 1. The molecule has 1 amide bonds. The zero-order valence-electron chi connectivity index (χ0n) is 14.6. The van der Waals surface area contributed by atoms with E-state index in [4.69, 9.17) is 18.9 Å². The molecule has 0 rings (SSSR count). The maximum absolute atomic E-state index is 13.2. The van der Waals surface area contributed by atoms with Crippen molar-refractivity contribution in [2.45, 2.75) is 26.1 Å². The third kappa shape index (κ3) is 19.6.